The summed E-state index contributed by atoms with van der Waals surface area (Å²) in [5, 5.41) is 34.7. The molecule has 8 rings (SSSR count). The van der Waals surface area contributed by atoms with Gasteiger partial charge in [-0.1, -0.05) is 41.9 Å². The largest absolute Gasteiger partial charge is 0.497 e. The summed E-state index contributed by atoms with van der Waals surface area (Å²) in [5.41, 5.74) is 11.7. The highest BCUT2D eigenvalue weighted by atomic mass is 35.5. The standard InChI is InChI=1S/C25H29N5O2.C18H21ClN4O.C7H10BNO3/c1-6-32-25-20(8-7-13-26-25)21-14-22(27-15-18-9-11-19(31-5)12-10-18)24-23(28-21)17(4)29-30(24)16(2)3;1-11(2)23-18-15(9-16(19)21-17(18)12(3)22-23)20-10-13-5-7-14(24-4)8-6-13;1-2-12-7-6(8(10)11)4-3-5-9-7/h7-14,16H,6,15H2,1-5H3,(H,27,28);5-9,11H,10H2,1-4H3,(H,20,21);3-5,10-11H,2H2,1H3. The van der Waals surface area contributed by atoms with Gasteiger partial charge in [0.2, 0.25) is 11.8 Å². The van der Waals surface area contributed by atoms with Crippen molar-refractivity contribution in [2.45, 2.75) is 80.6 Å². The molecule has 0 aliphatic carbocycles. The zero-order valence-corrected chi connectivity index (χ0v) is 41.0. The fraction of sp³-hybridized carbons (Fsp3) is 0.320. The number of hydrogen-bond donors (Lipinski definition) is 4. The summed E-state index contributed by atoms with van der Waals surface area (Å²) >= 11 is 6.20. The highest BCUT2D eigenvalue weighted by Gasteiger charge is 2.21. The lowest BCUT2D eigenvalue weighted by Crippen LogP contribution is -2.31. The van der Waals surface area contributed by atoms with Crippen LogP contribution in [-0.2, 0) is 13.1 Å². The lowest BCUT2D eigenvalue weighted by molar-refractivity contribution is 0.327. The average molecular weight is 943 g/mol. The van der Waals surface area contributed by atoms with Crippen molar-refractivity contribution in [1.82, 2.24) is 39.5 Å². The first kappa shape index (κ1) is 50.5. The lowest BCUT2D eigenvalue weighted by Gasteiger charge is -2.15. The smallest absolute Gasteiger partial charge is 0.494 e. The Kier molecular flexibility index (Phi) is 17.6. The minimum atomic E-state index is -1.53. The maximum atomic E-state index is 8.87. The minimum absolute atomic E-state index is 0.206. The van der Waals surface area contributed by atoms with Gasteiger partial charge in [-0.15, -0.1) is 0 Å². The van der Waals surface area contributed by atoms with Crippen molar-refractivity contribution in [2.24, 2.45) is 0 Å². The van der Waals surface area contributed by atoms with E-state index < -0.39 is 7.12 Å². The Bertz CT molecular complexity index is 2890. The van der Waals surface area contributed by atoms with Gasteiger partial charge in [0.1, 0.15) is 38.7 Å². The molecule has 0 spiro atoms. The van der Waals surface area contributed by atoms with Crippen LogP contribution in [0.15, 0.2) is 97.3 Å². The number of benzene rings is 2. The first-order chi connectivity index (χ1) is 32.8. The van der Waals surface area contributed by atoms with Crippen molar-refractivity contribution in [3.63, 3.8) is 0 Å². The van der Waals surface area contributed by atoms with Crippen LogP contribution in [0.2, 0.25) is 5.15 Å². The Morgan fingerprint density at radius 2 is 1.12 bits per heavy atom. The van der Waals surface area contributed by atoms with E-state index in [1.807, 2.05) is 91.7 Å². The molecule has 0 aliphatic rings. The Morgan fingerprint density at radius 3 is 1.60 bits per heavy atom. The zero-order chi connectivity index (χ0) is 48.9. The van der Waals surface area contributed by atoms with Gasteiger partial charge < -0.3 is 39.6 Å². The molecule has 18 heteroatoms. The minimum Gasteiger partial charge on any atom is -0.497 e. The number of nitrogens with one attached hydrogen (secondary N) is 2. The van der Waals surface area contributed by atoms with Gasteiger partial charge in [0.15, 0.2) is 0 Å². The Labute approximate surface area is 402 Å². The van der Waals surface area contributed by atoms with Crippen molar-refractivity contribution in [2.75, 3.05) is 38.1 Å². The number of nitrogens with zero attached hydrogens (tertiary/aromatic N) is 8. The van der Waals surface area contributed by atoms with Crippen LogP contribution in [-0.4, -0.2) is 84.1 Å². The summed E-state index contributed by atoms with van der Waals surface area (Å²) in [7, 11) is 1.81. The van der Waals surface area contributed by atoms with E-state index in [-0.39, 0.29) is 18.0 Å². The fourth-order valence-electron chi connectivity index (χ4n) is 7.26. The Morgan fingerprint density at radius 1 is 0.647 bits per heavy atom. The molecule has 8 aromatic rings. The number of ether oxygens (including phenoxy) is 4. The molecule has 0 saturated carbocycles. The average Bonchev–Trinajstić information content (AvgIpc) is 3.87. The van der Waals surface area contributed by atoms with Crippen molar-refractivity contribution >= 4 is 57.6 Å². The number of aromatic nitrogens is 8. The van der Waals surface area contributed by atoms with E-state index >= 15 is 0 Å². The first-order valence-corrected chi connectivity index (χ1v) is 22.8. The summed E-state index contributed by atoms with van der Waals surface area (Å²) in [6.45, 7) is 18.5. The molecule has 0 aliphatic heterocycles. The Hall–Kier alpha value is -6.95. The van der Waals surface area contributed by atoms with Crippen molar-refractivity contribution in [1.29, 1.82) is 0 Å². The number of anilines is 2. The molecule has 0 bridgehead atoms. The van der Waals surface area contributed by atoms with E-state index in [1.165, 1.54) is 6.20 Å². The van der Waals surface area contributed by atoms with Crippen LogP contribution in [0.3, 0.4) is 0 Å². The molecule has 6 aromatic heterocycles. The van der Waals surface area contributed by atoms with Crippen LogP contribution >= 0.6 is 11.6 Å². The normalized spacial score (nSPS) is 10.9. The number of pyridine rings is 4. The molecule has 356 valence electrons. The second-order valence-electron chi connectivity index (χ2n) is 16.1. The molecule has 2 aromatic carbocycles. The molecule has 0 radical (unpaired) electrons. The van der Waals surface area contributed by atoms with Gasteiger partial charge in [0.05, 0.1) is 61.5 Å². The van der Waals surface area contributed by atoms with E-state index in [0.29, 0.717) is 42.8 Å². The highest BCUT2D eigenvalue weighted by Crippen LogP contribution is 2.35. The van der Waals surface area contributed by atoms with Crippen LogP contribution in [0.1, 0.15) is 76.1 Å². The summed E-state index contributed by atoms with van der Waals surface area (Å²) in [6, 6.07) is 27.5. The van der Waals surface area contributed by atoms with E-state index in [1.54, 1.807) is 32.5 Å². The fourth-order valence-corrected chi connectivity index (χ4v) is 7.46. The summed E-state index contributed by atoms with van der Waals surface area (Å²) in [5.74, 6) is 2.55. The highest BCUT2D eigenvalue weighted by molar-refractivity contribution is 6.59. The van der Waals surface area contributed by atoms with Gasteiger partial charge in [-0.05, 0) is 115 Å². The molecule has 4 N–H and O–H groups in total. The topological polar surface area (TPSA) is 189 Å². The van der Waals surface area contributed by atoms with Gasteiger partial charge in [-0.2, -0.15) is 10.2 Å². The predicted octanol–water partition coefficient (Wildman–Crippen LogP) is 9.16. The molecule has 6 heterocycles. The van der Waals surface area contributed by atoms with Crippen LogP contribution in [0.25, 0.3) is 33.3 Å². The van der Waals surface area contributed by atoms with E-state index in [4.69, 9.17) is 50.7 Å². The van der Waals surface area contributed by atoms with Gasteiger partial charge in [0, 0.05) is 49.1 Å². The monoisotopic (exact) mass is 942 g/mol. The van der Waals surface area contributed by atoms with Gasteiger partial charge >= 0.3 is 7.12 Å². The van der Waals surface area contributed by atoms with E-state index in [2.05, 4.69) is 76.6 Å². The van der Waals surface area contributed by atoms with E-state index in [9.17, 15) is 0 Å². The van der Waals surface area contributed by atoms with Crippen LogP contribution < -0.4 is 35.0 Å². The summed E-state index contributed by atoms with van der Waals surface area (Å²) < 4.78 is 25.3. The van der Waals surface area contributed by atoms with Gasteiger partial charge in [-0.25, -0.2) is 19.9 Å². The van der Waals surface area contributed by atoms with Crippen molar-refractivity contribution in [3.05, 3.63) is 125 Å². The quantitative estimate of drug-likeness (QED) is 0.0530. The van der Waals surface area contributed by atoms with Crippen LogP contribution in [0.4, 0.5) is 11.4 Å². The molecule has 0 unspecified atom stereocenters. The SMILES string of the molecule is CCOc1ncccc1-c1cc(NCc2ccc(OC)cc2)c2c(n1)c(C)nn2C(C)C.CCOc1ncccc1B(O)O.COc1ccc(CNc2cc(Cl)nc3c(C)nn(C(C)C)c23)cc1. The molecular weight excluding hydrogens is 883 g/mol. The molecular formula is C50H60BClN10O6. The molecule has 0 amide bonds. The van der Waals surface area contributed by atoms with Gasteiger partial charge in [-0.3, -0.25) is 9.36 Å². The number of aryl methyl sites for hydroxylation is 2. The number of fused-ring (bicyclic) bond motifs is 2. The predicted molar refractivity (Wildman–Crippen MR) is 271 cm³/mol. The maximum absolute atomic E-state index is 8.87. The second-order valence-corrected chi connectivity index (χ2v) is 16.5. The maximum Gasteiger partial charge on any atom is 0.494 e. The number of halogens is 1. The molecule has 0 fully saturated rings. The first-order valence-electron chi connectivity index (χ1n) is 22.5. The second kappa shape index (κ2) is 23.7. The van der Waals surface area contributed by atoms with Crippen LogP contribution in [0.5, 0.6) is 23.3 Å². The molecule has 68 heavy (non-hydrogen) atoms. The van der Waals surface area contributed by atoms with E-state index in [0.717, 1.165) is 78.7 Å². The zero-order valence-electron chi connectivity index (χ0n) is 40.3. The third-order valence-electron chi connectivity index (χ3n) is 10.6. The number of hydrogen-bond acceptors (Lipinski definition) is 14. The summed E-state index contributed by atoms with van der Waals surface area (Å²) in [4.78, 5) is 17.7. The third kappa shape index (κ3) is 12.3. The summed E-state index contributed by atoms with van der Waals surface area (Å²) in [6.07, 6.45) is 3.27. The Balaban J connectivity index is 0.000000185. The number of methoxy groups -OCH3 is 2. The molecule has 16 nitrogen and oxygen atoms in total. The molecule has 0 saturated heterocycles. The van der Waals surface area contributed by atoms with Crippen LogP contribution in [0, 0.1) is 13.8 Å². The van der Waals surface area contributed by atoms with Crippen molar-refractivity contribution in [3.8, 4) is 34.5 Å². The number of rotatable bonds is 16. The molecule has 0 atom stereocenters. The lowest BCUT2D eigenvalue weighted by atomic mass is 9.81. The van der Waals surface area contributed by atoms with Crippen molar-refractivity contribution < 1.29 is 29.0 Å². The third-order valence-corrected chi connectivity index (χ3v) is 10.8. The van der Waals surface area contributed by atoms with Gasteiger partial charge in [0.25, 0.3) is 0 Å².